The summed E-state index contributed by atoms with van der Waals surface area (Å²) in [6.45, 7) is 32.4. The van der Waals surface area contributed by atoms with Gasteiger partial charge in [0.25, 0.3) is 23.6 Å². The summed E-state index contributed by atoms with van der Waals surface area (Å²) in [5.41, 5.74) is 6.40. The van der Waals surface area contributed by atoms with Crippen LogP contribution in [0.25, 0.3) is 33.4 Å². The second kappa shape index (κ2) is 48.2. The fraction of sp³-hybridized carbons (Fsp3) is 0.519. The van der Waals surface area contributed by atoms with Gasteiger partial charge in [-0.1, -0.05) is 141 Å². The van der Waals surface area contributed by atoms with Gasteiger partial charge in [0, 0.05) is 110 Å². The van der Waals surface area contributed by atoms with Crippen LogP contribution in [0.4, 0.5) is 11.4 Å². The maximum absolute atomic E-state index is 15.0. The third kappa shape index (κ3) is 27.7. The van der Waals surface area contributed by atoms with Crippen LogP contribution in [0.3, 0.4) is 0 Å². The van der Waals surface area contributed by atoms with Crippen LogP contribution in [0.5, 0.6) is 0 Å². The number of piperazine rings is 2. The smallest absolute Gasteiger partial charge is 0.305 e. The number of nitrogens with zero attached hydrogens (tertiary/aromatic N) is 6. The highest BCUT2D eigenvalue weighted by atomic mass is 16.4. The molecule has 774 valence electrons. The maximum atomic E-state index is 15.0. The number of hydrogen-bond acceptors (Lipinski definition) is 20. The van der Waals surface area contributed by atoms with Gasteiger partial charge < -0.3 is 93.6 Å². The molecular formula is C108H144N18O18. The van der Waals surface area contributed by atoms with Gasteiger partial charge >= 0.3 is 11.9 Å². The van der Waals surface area contributed by atoms with Crippen molar-refractivity contribution in [1.29, 1.82) is 0 Å². The van der Waals surface area contributed by atoms with Gasteiger partial charge in [-0.2, -0.15) is 0 Å². The van der Waals surface area contributed by atoms with E-state index >= 15 is 9.59 Å². The minimum atomic E-state index is -1.68. The highest BCUT2D eigenvalue weighted by Crippen LogP contribution is 2.36. The van der Waals surface area contributed by atoms with E-state index < -0.39 is 191 Å². The van der Waals surface area contributed by atoms with Gasteiger partial charge in [-0.25, -0.2) is 0 Å². The zero-order valence-corrected chi connectivity index (χ0v) is 85.6. The van der Waals surface area contributed by atoms with Gasteiger partial charge in [-0.05, 0) is 236 Å². The van der Waals surface area contributed by atoms with Gasteiger partial charge in [0.1, 0.15) is 48.3 Å². The second-order valence-electron chi connectivity index (χ2n) is 42.1. The lowest BCUT2D eigenvalue weighted by atomic mass is 9.93. The number of carboxylic acid groups (broad SMARTS) is 2. The number of nitrogens with one attached hydrogen (secondary N) is 12. The lowest BCUT2D eigenvalue weighted by Crippen LogP contribution is -2.64. The Hall–Kier alpha value is -13.6. The van der Waals surface area contributed by atoms with Crippen LogP contribution in [-0.2, 0) is 70.6 Å². The molecule has 36 nitrogen and oxygen atoms in total. The summed E-state index contributed by atoms with van der Waals surface area (Å²) in [6.07, 6.45) is 1.03. The summed E-state index contributed by atoms with van der Waals surface area (Å²) in [5.74, 6) is -12.6. The molecular weight excluding hydrogens is 1840 g/mol. The Morgan fingerprint density at radius 3 is 1.04 bits per heavy atom. The third-order valence-corrected chi connectivity index (χ3v) is 27.9. The van der Waals surface area contributed by atoms with Crippen molar-refractivity contribution in [2.24, 2.45) is 23.7 Å². The lowest BCUT2D eigenvalue weighted by Gasteiger charge is -2.38. The molecule has 14 N–H and O–H groups in total. The third-order valence-electron chi connectivity index (χ3n) is 27.9. The van der Waals surface area contributed by atoms with Crippen LogP contribution >= 0.6 is 0 Å². The van der Waals surface area contributed by atoms with E-state index in [0.29, 0.717) is 148 Å². The highest BCUT2D eigenvalue weighted by molar-refractivity contribution is 6.08. The zero-order valence-electron chi connectivity index (χ0n) is 85.6. The number of aliphatic carboxylic acids is 2. The average molecular weight is 1980 g/mol. The largest absolute Gasteiger partial charge is 0.481 e. The van der Waals surface area contributed by atoms with Crippen LogP contribution in [0.1, 0.15) is 228 Å². The number of fused-ring (bicyclic) bond motifs is 6. The molecule has 6 aliphatic rings. The number of anilines is 2. The number of carboxylic acids is 2. The number of amides is 14. The van der Waals surface area contributed by atoms with Crippen molar-refractivity contribution in [2.45, 2.75) is 272 Å². The summed E-state index contributed by atoms with van der Waals surface area (Å²) >= 11 is 0. The van der Waals surface area contributed by atoms with Crippen molar-refractivity contribution < 1.29 is 86.9 Å². The second-order valence-corrected chi connectivity index (χ2v) is 42.1. The molecule has 0 radical (unpaired) electrons. The minimum absolute atomic E-state index is 0.0863. The lowest BCUT2D eigenvalue weighted by molar-refractivity contribution is -0.142. The minimum Gasteiger partial charge on any atom is -0.481 e. The number of carbonyl (C=O) groups excluding carboxylic acids is 14. The first-order chi connectivity index (χ1) is 68.3. The SMILES string of the molecule is CC[C@H](C)[C@@H]1NC(=O)[C@H](CC(=O)O)NC(=O)[C@H](CC(C)C)NC(=O)c2ccc(-c3ccc(N4CCN(C(=O)c5ccccc5-c5ccccc5C(=O)N5CCN(c6ccc(-c7ccc8cc7CNC(=O)[C@@H]7CCCN7[C@H](C(=O)NC(C)(C)C)[C@H](C)NC(=O)[C@H]([C@@H](C)CC)NC(=O)[C@H](CC(=O)O)NC(=O)[C@H](CC(C)C)NC8=O)cc6)CC5)CC4)cc3)c(c2)CNC(=O)[C@@H]2CCCN2C(C(=O)NC(C)(C)C)[C@H](C)NC1=O. The van der Waals surface area contributed by atoms with Gasteiger partial charge in [0.15, 0.2) is 0 Å². The van der Waals surface area contributed by atoms with Gasteiger partial charge in [0.2, 0.25) is 59.1 Å². The monoisotopic (exact) mass is 1980 g/mol. The van der Waals surface area contributed by atoms with E-state index in [-0.39, 0.29) is 60.7 Å². The Balaban J connectivity index is 0.735. The van der Waals surface area contributed by atoms with Crippen molar-refractivity contribution in [1.82, 2.24) is 83.4 Å². The van der Waals surface area contributed by atoms with E-state index in [1.807, 2.05) is 166 Å². The molecule has 0 spiro atoms. The van der Waals surface area contributed by atoms with Gasteiger partial charge in [0.05, 0.1) is 37.0 Å². The first kappa shape index (κ1) is 109. The van der Waals surface area contributed by atoms with E-state index in [1.165, 1.54) is 0 Å². The molecule has 4 saturated heterocycles. The average Bonchev–Trinajstić information content (AvgIpc) is 1.76. The standard InChI is InChI=1S/C108H144N18O18/c1-17-63(7)89-101(139)111-65(9)91(103(141)119-107(11,12)13)125-43-23-29-85(125)99(137)109-59-71-55-69(93(131)113-81(53-61(3)4)95(133)115-83(57-87(127)128)97(135)117-89)35-41-75(71)67-31-37-73(38-32-67)121-45-49-123(50-46-121)105(143)79-27-21-19-25-77(79)78-26-20-22-28-80(78)106(144)124-51-47-122(48-52-124)74-39-33-68(34-40-74)76-42-36-70-56-72(76)60-110-100(138)86-30-24-44-126(86)92(104(142)120-108(14,15)16)66(10)112-102(140)90(64(8)18-2)118-98(136)84(58-88(129)130)116-96(134)82(54-62(5)6)114-94(70)132/h19-22,25-28,31-42,55-56,61-66,81-86,89-92H,17-18,23-24,29-30,43-54,57-60H2,1-16H3,(H,109,137)(H,110,138)(H,111,139)(H,112,140)(H,113,131)(H,114,132)(H,115,133)(H,116,134)(H,117,135)(H,118,136)(H,119,141)(H,120,142)(H,127,128)(H,129,130)/t63-,64-,65-,66-,81-,82-,83-,84-,85-,86-,89-,90-,91-,92?/m0/s1. The van der Waals surface area contributed by atoms with E-state index in [9.17, 15) is 77.3 Å². The van der Waals surface area contributed by atoms with Crippen molar-refractivity contribution in [3.05, 3.63) is 167 Å². The molecule has 6 heterocycles. The number of hydrogen-bond donors (Lipinski definition) is 14. The molecule has 12 rings (SSSR count). The molecule has 0 saturated carbocycles. The molecule has 36 heteroatoms. The molecule has 144 heavy (non-hydrogen) atoms. The summed E-state index contributed by atoms with van der Waals surface area (Å²) in [4.78, 5) is 241. The van der Waals surface area contributed by atoms with Crippen LogP contribution in [0.15, 0.2) is 133 Å². The number of rotatable bonds is 21. The normalized spacial score (nSPS) is 23.7. The predicted octanol–water partition coefficient (Wildman–Crippen LogP) is 7.65. The molecule has 14 amide bonds. The highest BCUT2D eigenvalue weighted by Gasteiger charge is 2.47. The van der Waals surface area contributed by atoms with Crippen LogP contribution in [0.2, 0.25) is 0 Å². The summed E-state index contributed by atoms with van der Waals surface area (Å²) in [5, 5.41) is 54.6. The van der Waals surface area contributed by atoms with E-state index in [1.54, 1.807) is 98.2 Å². The summed E-state index contributed by atoms with van der Waals surface area (Å²) < 4.78 is 0. The predicted molar refractivity (Wildman–Crippen MR) is 546 cm³/mol. The zero-order chi connectivity index (χ0) is 105. The van der Waals surface area contributed by atoms with E-state index in [4.69, 9.17) is 0 Å². The first-order valence-electron chi connectivity index (χ1n) is 50.6. The molecule has 6 aromatic rings. The molecule has 0 aliphatic carbocycles. The van der Waals surface area contributed by atoms with Crippen molar-refractivity contribution in [3.63, 3.8) is 0 Å². The molecule has 1 unspecified atom stereocenters. The molecule has 4 bridgehead atoms. The quantitative estimate of drug-likeness (QED) is 0.0329. The Bertz CT molecular complexity index is 5380. The van der Waals surface area contributed by atoms with Gasteiger partial charge in [-0.3, -0.25) is 86.5 Å². The first-order valence-corrected chi connectivity index (χ1v) is 50.6. The molecule has 6 aliphatic heterocycles. The summed E-state index contributed by atoms with van der Waals surface area (Å²) in [6, 6.07) is 26.0. The molecule has 4 fully saturated rings. The van der Waals surface area contributed by atoms with E-state index in [2.05, 4.69) is 73.6 Å². The fourth-order valence-corrected chi connectivity index (χ4v) is 20.0. The Morgan fingerprint density at radius 2 is 0.715 bits per heavy atom. The Morgan fingerprint density at radius 1 is 0.382 bits per heavy atom. The molecule has 0 aromatic heterocycles. The van der Waals surface area contributed by atoms with Crippen LogP contribution in [0, 0.1) is 23.7 Å². The summed E-state index contributed by atoms with van der Waals surface area (Å²) in [7, 11) is 0. The molecule has 14 atom stereocenters. The molecule has 6 aromatic carbocycles. The van der Waals surface area contributed by atoms with E-state index in [0.717, 1.165) is 22.5 Å². The fourth-order valence-electron chi connectivity index (χ4n) is 20.0. The van der Waals surface area contributed by atoms with Crippen LogP contribution < -0.4 is 73.6 Å². The maximum Gasteiger partial charge on any atom is 0.305 e. The topological polar surface area (TPSA) is 477 Å². The van der Waals surface area contributed by atoms with Crippen LogP contribution in [-0.4, -0.2) is 273 Å². The van der Waals surface area contributed by atoms with Crippen molar-refractivity contribution >= 4 is 106 Å². The number of benzene rings is 6. The Labute approximate surface area is 842 Å². The van der Waals surface area contributed by atoms with Crippen molar-refractivity contribution in [2.75, 3.05) is 75.2 Å². The van der Waals surface area contributed by atoms with Gasteiger partial charge in [-0.15, -0.1) is 0 Å². The Kier molecular flexibility index (Phi) is 36.5. The van der Waals surface area contributed by atoms with Crippen molar-refractivity contribution in [3.8, 4) is 33.4 Å². The number of carbonyl (C=O) groups is 16.